The molecule has 0 unspecified atom stereocenters. The number of aryl methyl sites for hydroxylation is 1. The second-order valence-corrected chi connectivity index (χ2v) is 8.64. The number of hydrogen-bond donors (Lipinski definition) is 2. The minimum absolute atomic E-state index is 0.141. The summed E-state index contributed by atoms with van der Waals surface area (Å²) in [5.41, 5.74) is 3.29. The fourth-order valence-corrected chi connectivity index (χ4v) is 3.58. The van der Waals surface area contributed by atoms with E-state index in [2.05, 4.69) is 24.5 Å². The highest BCUT2D eigenvalue weighted by molar-refractivity contribution is 7.80. The standard InChI is InChI=1S/C27H38N2O2S/c1-4-6-8-9-10-11-19-31-24-16-14-22(15-17-24)26(30)29-25-20-23(13-12-21(25)3)27(32)28-18-7-5-2/h12-17,20H,4-11,18-19H2,1-3H3,(H,28,32)(H,29,30). The molecule has 2 aromatic rings. The fourth-order valence-electron chi connectivity index (χ4n) is 3.35. The van der Waals surface area contributed by atoms with Gasteiger partial charge in [-0.3, -0.25) is 4.79 Å². The van der Waals surface area contributed by atoms with Crippen molar-refractivity contribution in [3.63, 3.8) is 0 Å². The van der Waals surface area contributed by atoms with Gasteiger partial charge in [-0.25, -0.2) is 0 Å². The first-order chi connectivity index (χ1) is 15.5. The Hall–Kier alpha value is -2.40. The number of carbonyl (C=O) groups is 1. The molecular formula is C27H38N2O2S. The van der Waals surface area contributed by atoms with Crippen molar-refractivity contribution in [1.82, 2.24) is 5.32 Å². The maximum absolute atomic E-state index is 12.8. The van der Waals surface area contributed by atoms with E-state index in [0.717, 1.165) is 55.0 Å². The van der Waals surface area contributed by atoms with E-state index < -0.39 is 0 Å². The lowest BCUT2D eigenvalue weighted by atomic mass is 10.1. The van der Waals surface area contributed by atoms with Gasteiger partial charge in [0.25, 0.3) is 5.91 Å². The Kier molecular flexibility index (Phi) is 11.8. The summed E-state index contributed by atoms with van der Waals surface area (Å²) in [7, 11) is 0. The Bertz CT molecular complexity index is 849. The molecule has 2 N–H and O–H groups in total. The van der Waals surface area contributed by atoms with Gasteiger partial charge in [-0.2, -0.15) is 0 Å². The van der Waals surface area contributed by atoms with Crippen molar-refractivity contribution >= 4 is 28.8 Å². The lowest BCUT2D eigenvalue weighted by molar-refractivity contribution is 0.102. The van der Waals surface area contributed by atoms with E-state index in [0.29, 0.717) is 10.6 Å². The summed E-state index contributed by atoms with van der Waals surface area (Å²) in [6.07, 6.45) is 9.64. The molecule has 0 spiro atoms. The Labute approximate surface area is 199 Å². The molecule has 0 aliphatic carbocycles. The number of nitrogens with one attached hydrogen (secondary N) is 2. The Morgan fingerprint density at radius 1 is 0.875 bits per heavy atom. The fraction of sp³-hybridized carbons (Fsp3) is 0.481. The summed E-state index contributed by atoms with van der Waals surface area (Å²) in [5.74, 6) is 0.661. The van der Waals surface area contributed by atoms with E-state index in [1.807, 2.05) is 49.4 Å². The highest BCUT2D eigenvalue weighted by Crippen LogP contribution is 2.20. The maximum atomic E-state index is 12.8. The summed E-state index contributed by atoms with van der Waals surface area (Å²) < 4.78 is 5.81. The largest absolute Gasteiger partial charge is 0.494 e. The number of benzene rings is 2. The van der Waals surface area contributed by atoms with Gasteiger partial charge < -0.3 is 15.4 Å². The summed E-state index contributed by atoms with van der Waals surface area (Å²) in [6, 6.07) is 13.3. The Morgan fingerprint density at radius 2 is 1.53 bits per heavy atom. The van der Waals surface area contributed by atoms with Crippen LogP contribution in [0.2, 0.25) is 0 Å². The molecule has 0 bridgehead atoms. The van der Waals surface area contributed by atoms with Crippen molar-refractivity contribution in [2.24, 2.45) is 0 Å². The number of ether oxygens (including phenoxy) is 1. The van der Waals surface area contributed by atoms with Gasteiger partial charge in [0.05, 0.1) is 6.61 Å². The lowest BCUT2D eigenvalue weighted by Crippen LogP contribution is -2.23. The molecule has 0 aliphatic rings. The molecule has 32 heavy (non-hydrogen) atoms. The average Bonchev–Trinajstić information content (AvgIpc) is 2.80. The third-order valence-corrected chi connectivity index (χ3v) is 5.83. The van der Waals surface area contributed by atoms with Gasteiger partial charge in [-0.15, -0.1) is 0 Å². The second kappa shape index (κ2) is 14.6. The molecule has 0 fully saturated rings. The first kappa shape index (κ1) is 25.9. The quantitative estimate of drug-likeness (QED) is 0.237. The van der Waals surface area contributed by atoms with E-state index in [-0.39, 0.29) is 5.91 Å². The van der Waals surface area contributed by atoms with Crippen LogP contribution in [0.5, 0.6) is 5.75 Å². The van der Waals surface area contributed by atoms with Crippen LogP contribution in [0.25, 0.3) is 0 Å². The van der Waals surface area contributed by atoms with Gasteiger partial charge in [0.2, 0.25) is 0 Å². The van der Waals surface area contributed by atoms with Gasteiger partial charge >= 0.3 is 0 Å². The summed E-state index contributed by atoms with van der Waals surface area (Å²) in [5, 5.41) is 6.29. The predicted octanol–water partition coefficient (Wildman–Crippen LogP) is 7.05. The topological polar surface area (TPSA) is 50.4 Å². The molecule has 174 valence electrons. The van der Waals surface area contributed by atoms with Crippen LogP contribution in [-0.4, -0.2) is 24.0 Å². The molecule has 0 heterocycles. The maximum Gasteiger partial charge on any atom is 0.255 e. The molecule has 2 aromatic carbocycles. The lowest BCUT2D eigenvalue weighted by Gasteiger charge is -2.13. The number of unbranched alkanes of at least 4 members (excludes halogenated alkanes) is 6. The number of rotatable bonds is 14. The van der Waals surface area contributed by atoms with Crippen LogP contribution in [0.3, 0.4) is 0 Å². The Morgan fingerprint density at radius 3 is 2.25 bits per heavy atom. The van der Waals surface area contributed by atoms with Crippen LogP contribution in [0, 0.1) is 6.92 Å². The molecule has 0 saturated heterocycles. The van der Waals surface area contributed by atoms with E-state index in [1.165, 1.54) is 32.1 Å². The minimum Gasteiger partial charge on any atom is -0.494 e. The van der Waals surface area contributed by atoms with Crippen molar-refractivity contribution in [1.29, 1.82) is 0 Å². The monoisotopic (exact) mass is 454 g/mol. The van der Waals surface area contributed by atoms with Gasteiger partial charge in [0.1, 0.15) is 10.7 Å². The van der Waals surface area contributed by atoms with Crippen molar-refractivity contribution in [3.8, 4) is 5.75 Å². The average molecular weight is 455 g/mol. The SMILES string of the molecule is CCCCCCCCOc1ccc(C(=O)Nc2cc(C(=S)NCCCC)ccc2C)cc1. The minimum atomic E-state index is -0.141. The number of carbonyl (C=O) groups excluding carboxylic acids is 1. The zero-order valence-electron chi connectivity index (χ0n) is 19.8. The third-order valence-electron chi connectivity index (χ3n) is 5.45. The van der Waals surface area contributed by atoms with E-state index >= 15 is 0 Å². The molecule has 4 nitrogen and oxygen atoms in total. The molecule has 2 rings (SSSR count). The Balaban J connectivity index is 1.87. The molecule has 0 aliphatic heterocycles. The van der Waals surface area contributed by atoms with E-state index in [9.17, 15) is 4.79 Å². The molecular weight excluding hydrogens is 416 g/mol. The molecule has 5 heteroatoms. The first-order valence-electron chi connectivity index (χ1n) is 12.0. The smallest absolute Gasteiger partial charge is 0.255 e. The normalized spacial score (nSPS) is 10.6. The highest BCUT2D eigenvalue weighted by Gasteiger charge is 2.10. The molecule has 1 amide bonds. The van der Waals surface area contributed by atoms with Crippen molar-refractivity contribution in [2.45, 2.75) is 72.1 Å². The second-order valence-electron chi connectivity index (χ2n) is 8.23. The predicted molar refractivity (Wildman–Crippen MR) is 139 cm³/mol. The summed E-state index contributed by atoms with van der Waals surface area (Å²) >= 11 is 5.49. The first-order valence-corrected chi connectivity index (χ1v) is 12.4. The van der Waals surface area contributed by atoms with Crippen LogP contribution in [0.15, 0.2) is 42.5 Å². The molecule has 0 saturated carbocycles. The zero-order chi connectivity index (χ0) is 23.2. The van der Waals surface area contributed by atoms with Crippen molar-refractivity contribution in [2.75, 3.05) is 18.5 Å². The van der Waals surface area contributed by atoms with Crippen LogP contribution in [0.1, 0.15) is 86.7 Å². The van der Waals surface area contributed by atoms with E-state index in [4.69, 9.17) is 17.0 Å². The van der Waals surface area contributed by atoms with Crippen LogP contribution >= 0.6 is 12.2 Å². The number of amides is 1. The number of hydrogen-bond acceptors (Lipinski definition) is 3. The number of thiocarbonyl (C=S) groups is 1. The van der Waals surface area contributed by atoms with Crippen LogP contribution < -0.4 is 15.4 Å². The van der Waals surface area contributed by atoms with Crippen molar-refractivity contribution < 1.29 is 9.53 Å². The van der Waals surface area contributed by atoms with Crippen molar-refractivity contribution in [3.05, 3.63) is 59.2 Å². The van der Waals surface area contributed by atoms with Gasteiger partial charge in [0.15, 0.2) is 0 Å². The molecule has 0 atom stereocenters. The highest BCUT2D eigenvalue weighted by atomic mass is 32.1. The third kappa shape index (κ3) is 8.99. The molecule has 0 aromatic heterocycles. The van der Waals surface area contributed by atoms with Crippen LogP contribution in [0.4, 0.5) is 5.69 Å². The van der Waals surface area contributed by atoms with Gasteiger partial charge in [0, 0.05) is 23.4 Å². The van der Waals surface area contributed by atoms with E-state index in [1.54, 1.807) is 0 Å². The van der Waals surface area contributed by atoms with Crippen LogP contribution in [-0.2, 0) is 0 Å². The number of anilines is 1. The van der Waals surface area contributed by atoms with Gasteiger partial charge in [-0.1, -0.05) is 76.7 Å². The summed E-state index contributed by atoms with van der Waals surface area (Å²) in [6.45, 7) is 7.94. The van der Waals surface area contributed by atoms with Gasteiger partial charge in [-0.05, 0) is 55.7 Å². The zero-order valence-corrected chi connectivity index (χ0v) is 20.7. The summed E-state index contributed by atoms with van der Waals surface area (Å²) in [4.78, 5) is 13.5. The molecule has 0 radical (unpaired) electrons.